The summed E-state index contributed by atoms with van der Waals surface area (Å²) in [4.78, 5) is 4.55. The van der Waals surface area contributed by atoms with E-state index in [1.807, 2.05) is 68.6 Å². The zero-order chi connectivity index (χ0) is 18.7. The molecule has 5 nitrogen and oxygen atoms in total. The second-order valence-electron chi connectivity index (χ2n) is 7.31. The molecule has 4 atom stereocenters. The topological polar surface area (TPSA) is 49.3 Å². The van der Waals surface area contributed by atoms with Crippen LogP contribution in [0.2, 0.25) is 0 Å². The van der Waals surface area contributed by atoms with Crippen LogP contribution in [0.3, 0.4) is 0 Å². The Hall–Kier alpha value is -2.05. The fraction of sp³-hybridized carbons (Fsp3) is 0.409. The maximum absolute atomic E-state index is 6.19. The van der Waals surface area contributed by atoms with Gasteiger partial charge in [-0.15, -0.1) is 0 Å². The molecule has 2 saturated heterocycles. The lowest BCUT2D eigenvalue weighted by Gasteiger charge is -2.24. The molecule has 0 bridgehead atoms. The minimum Gasteiger partial charge on any atom is -0.367 e. The van der Waals surface area contributed by atoms with E-state index in [1.54, 1.807) is 0 Å². The maximum Gasteiger partial charge on any atom is 0.190 e. The Labute approximate surface area is 159 Å². The Morgan fingerprint density at radius 1 is 0.963 bits per heavy atom. The highest BCUT2D eigenvalue weighted by Crippen LogP contribution is 2.38. The summed E-state index contributed by atoms with van der Waals surface area (Å²) in [6, 6.07) is 20.2. The first-order valence-corrected chi connectivity index (χ1v) is 9.31. The number of fused-ring (bicyclic) bond motifs is 1. The van der Waals surface area contributed by atoms with Gasteiger partial charge < -0.3 is 18.9 Å². The first-order valence-electron chi connectivity index (χ1n) is 9.31. The van der Waals surface area contributed by atoms with Crippen LogP contribution in [-0.2, 0) is 32.1 Å². The van der Waals surface area contributed by atoms with Gasteiger partial charge in [-0.1, -0.05) is 60.7 Å². The standard InChI is InChI=1S/C22H25NO4/c1-22(2)26-20-19(24-15-17-11-7-4-8-12-17)18(25-21(20)27-22)14-23-13-16-9-5-3-6-10-16/h3-12,14,18-21H,13,15H2,1-2H3/t18-,19+,20-,21-/m0/s1. The molecule has 2 aliphatic rings. The summed E-state index contributed by atoms with van der Waals surface area (Å²) in [6.07, 6.45) is 0.548. The van der Waals surface area contributed by atoms with Crippen molar-refractivity contribution in [2.75, 3.05) is 0 Å². The van der Waals surface area contributed by atoms with E-state index in [2.05, 4.69) is 17.1 Å². The van der Waals surface area contributed by atoms with Gasteiger partial charge >= 0.3 is 0 Å². The summed E-state index contributed by atoms with van der Waals surface area (Å²) in [6.45, 7) is 4.88. The fourth-order valence-corrected chi connectivity index (χ4v) is 3.43. The van der Waals surface area contributed by atoms with E-state index in [4.69, 9.17) is 18.9 Å². The Kier molecular flexibility index (Phi) is 5.36. The Morgan fingerprint density at radius 3 is 2.33 bits per heavy atom. The third-order valence-corrected chi connectivity index (χ3v) is 4.68. The van der Waals surface area contributed by atoms with E-state index in [0.29, 0.717) is 13.2 Å². The van der Waals surface area contributed by atoms with Crippen molar-refractivity contribution >= 4 is 6.21 Å². The molecule has 0 N–H and O–H groups in total. The number of nitrogens with zero attached hydrogens (tertiary/aromatic N) is 1. The highest BCUT2D eigenvalue weighted by atomic mass is 16.8. The maximum atomic E-state index is 6.19. The molecule has 0 aromatic heterocycles. The number of aliphatic imine (C=N–C) groups is 1. The van der Waals surface area contributed by atoms with E-state index in [1.165, 1.54) is 0 Å². The molecule has 142 valence electrons. The second kappa shape index (κ2) is 7.90. The van der Waals surface area contributed by atoms with Crippen LogP contribution in [0.5, 0.6) is 0 Å². The van der Waals surface area contributed by atoms with E-state index < -0.39 is 12.1 Å². The van der Waals surface area contributed by atoms with E-state index in [-0.39, 0.29) is 18.3 Å². The van der Waals surface area contributed by atoms with Crippen LogP contribution < -0.4 is 0 Å². The summed E-state index contributed by atoms with van der Waals surface area (Å²) in [5.74, 6) is -0.671. The van der Waals surface area contributed by atoms with Crippen LogP contribution >= 0.6 is 0 Å². The van der Waals surface area contributed by atoms with Gasteiger partial charge in [0, 0.05) is 6.21 Å². The van der Waals surface area contributed by atoms with E-state index >= 15 is 0 Å². The molecule has 27 heavy (non-hydrogen) atoms. The van der Waals surface area contributed by atoms with Gasteiger partial charge in [-0.2, -0.15) is 0 Å². The Morgan fingerprint density at radius 2 is 1.63 bits per heavy atom. The molecule has 4 rings (SSSR count). The molecule has 2 heterocycles. The van der Waals surface area contributed by atoms with Gasteiger partial charge in [-0.05, 0) is 25.0 Å². The molecule has 0 saturated carbocycles. The zero-order valence-corrected chi connectivity index (χ0v) is 15.7. The lowest BCUT2D eigenvalue weighted by molar-refractivity contribution is -0.210. The number of rotatable bonds is 6. The minimum absolute atomic E-state index is 0.267. The van der Waals surface area contributed by atoms with Gasteiger partial charge in [-0.3, -0.25) is 4.99 Å². The van der Waals surface area contributed by atoms with Gasteiger partial charge in [0.2, 0.25) is 0 Å². The van der Waals surface area contributed by atoms with E-state index in [9.17, 15) is 0 Å². The van der Waals surface area contributed by atoms with Crippen molar-refractivity contribution in [3.8, 4) is 0 Å². The summed E-state index contributed by atoms with van der Waals surface area (Å²) < 4.78 is 24.1. The predicted octanol–water partition coefficient (Wildman–Crippen LogP) is 3.72. The lowest BCUT2D eigenvalue weighted by atomic mass is 10.1. The lowest BCUT2D eigenvalue weighted by Crippen LogP contribution is -2.37. The molecular weight excluding hydrogens is 342 g/mol. The van der Waals surface area contributed by atoms with Crippen LogP contribution in [0, 0.1) is 0 Å². The van der Waals surface area contributed by atoms with Crippen molar-refractivity contribution in [1.82, 2.24) is 0 Å². The van der Waals surface area contributed by atoms with Crippen LogP contribution in [0.1, 0.15) is 25.0 Å². The van der Waals surface area contributed by atoms with Crippen molar-refractivity contribution in [3.63, 3.8) is 0 Å². The molecule has 0 unspecified atom stereocenters. The number of ether oxygens (including phenoxy) is 4. The molecular formula is C22H25NO4. The van der Waals surface area contributed by atoms with Gasteiger partial charge in [0.1, 0.15) is 18.3 Å². The summed E-state index contributed by atoms with van der Waals surface area (Å²) in [5.41, 5.74) is 2.27. The minimum atomic E-state index is -0.671. The zero-order valence-electron chi connectivity index (χ0n) is 15.7. The SMILES string of the molecule is CC1(C)O[C@@H]2O[C@@H](C=NCc3ccccc3)[C@@H](OCc3ccccc3)[C@@H]2O1. The van der Waals surface area contributed by atoms with Crippen molar-refractivity contribution < 1.29 is 18.9 Å². The van der Waals surface area contributed by atoms with Gasteiger partial charge in [0.25, 0.3) is 0 Å². The normalized spacial score (nSPS) is 29.3. The van der Waals surface area contributed by atoms with E-state index in [0.717, 1.165) is 11.1 Å². The third-order valence-electron chi connectivity index (χ3n) is 4.68. The van der Waals surface area contributed by atoms with Crippen LogP contribution in [0.25, 0.3) is 0 Å². The molecule has 2 fully saturated rings. The van der Waals surface area contributed by atoms with Crippen LogP contribution in [0.4, 0.5) is 0 Å². The molecule has 2 aliphatic heterocycles. The monoisotopic (exact) mass is 367 g/mol. The highest BCUT2D eigenvalue weighted by Gasteiger charge is 2.55. The predicted molar refractivity (Wildman–Crippen MR) is 102 cm³/mol. The molecule has 0 radical (unpaired) electrons. The first kappa shape index (κ1) is 18.3. The van der Waals surface area contributed by atoms with Gasteiger partial charge in [0.15, 0.2) is 12.1 Å². The average Bonchev–Trinajstić information content (AvgIpc) is 3.13. The Bertz CT molecular complexity index is 762. The molecule has 2 aromatic carbocycles. The van der Waals surface area contributed by atoms with Gasteiger partial charge in [-0.25, -0.2) is 0 Å². The summed E-state index contributed by atoms with van der Waals surface area (Å²) >= 11 is 0. The molecule has 5 heteroatoms. The van der Waals surface area contributed by atoms with Crippen molar-refractivity contribution in [2.45, 2.75) is 57.4 Å². The molecule has 0 amide bonds. The number of hydrogen-bond acceptors (Lipinski definition) is 5. The van der Waals surface area contributed by atoms with Gasteiger partial charge in [0.05, 0.1) is 13.2 Å². The number of benzene rings is 2. The molecule has 0 aliphatic carbocycles. The highest BCUT2D eigenvalue weighted by molar-refractivity contribution is 5.65. The molecule has 0 spiro atoms. The fourth-order valence-electron chi connectivity index (χ4n) is 3.43. The quantitative estimate of drug-likeness (QED) is 0.730. The molecule has 2 aromatic rings. The first-order chi connectivity index (χ1) is 13.1. The number of hydrogen-bond donors (Lipinski definition) is 0. The largest absolute Gasteiger partial charge is 0.367 e. The third kappa shape index (κ3) is 4.45. The summed E-state index contributed by atoms with van der Waals surface area (Å²) in [5, 5.41) is 0. The van der Waals surface area contributed by atoms with Crippen molar-refractivity contribution in [3.05, 3.63) is 71.8 Å². The average molecular weight is 367 g/mol. The summed E-state index contributed by atoms with van der Waals surface area (Å²) in [7, 11) is 0. The van der Waals surface area contributed by atoms with Crippen LogP contribution in [0.15, 0.2) is 65.7 Å². The van der Waals surface area contributed by atoms with Crippen LogP contribution in [-0.4, -0.2) is 36.6 Å². The van der Waals surface area contributed by atoms with Crippen molar-refractivity contribution in [1.29, 1.82) is 0 Å². The van der Waals surface area contributed by atoms with Crippen molar-refractivity contribution in [2.24, 2.45) is 4.99 Å². The second-order valence-corrected chi connectivity index (χ2v) is 7.31. The Balaban J connectivity index is 1.44. The smallest absolute Gasteiger partial charge is 0.190 e.